The van der Waals surface area contributed by atoms with Crippen molar-refractivity contribution in [2.45, 2.75) is 13.0 Å². The largest absolute Gasteiger partial charge is 0.478 e. The maximum Gasteiger partial charge on any atom is 0.335 e. The van der Waals surface area contributed by atoms with Crippen LogP contribution in [0, 0.1) is 0 Å². The minimum absolute atomic E-state index is 0.103. The van der Waals surface area contributed by atoms with Gasteiger partial charge in [-0.2, -0.15) is 0 Å². The first-order chi connectivity index (χ1) is 7.84. The summed E-state index contributed by atoms with van der Waals surface area (Å²) >= 11 is 0. The fourth-order valence-electron chi connectivity index (χ4n) is 1.41. The Morgan fingerprint density at radius 3 is 2.41 bits per heavy atom. The summed E-state index contributed by atoms with van der Waals surface area (Å²) in [4.78, 5) is 23.4. The number of hydrogen-bond donors (Lipinski definition) is 3. The van der Waals surface area contributed by atoms with Gasteiger partial charge in [-0.05, 0) is 25.1 Å². The summed E-state index contributed by atoms with van der Waals surface area (Å²) in [5.41, 5.74) is 11.9. The van der Waals surface area contributed by atoms with Crippen LogP contribution in [0.1, 0.15) is 17.3 Å². The summed E-state index contributed by atoms with van der Waals surface area (Å²) in [6, 6.07) is 3.81. The maximum atomic E-state index is 11.0. The number of rotatable bonds is 4. The zero-order valence-electron chi connectivity index (χ0n) is 9.68. The van der Waals surface area contributed by atoms with Crippen LogP contribution in [0.3, 0.4) is 0 Å². The van der Waals surface area contributed by atoms with Crippen LogP contribution in [0.4, 0.5) is 11.4 Å². The van der Waals surface area contributed by atoms with Crippen molar-refractivity contribution in [2.24, 2.45) is 5.73 Å². The van der Waals surface area contributed by atoms with Crippen LogP contribution in [-0.2, 0) is 4.79 Å². The molecule has 1 atom stereocenters. The van der Waals surface area contributed by atoms with E-state index in [1.807, 2.05) is 0 Å². The lowest BCUT2D eigenvalue weighted by atomic mass is 10.1. The first kappa shape index (κ1) is 12.8. The number of anilines is 2. The van der Waals surface area contributed by atoms with E-state index in [1.165, 1.54) is 12.1 Å². The first-order valence-electron chi connectivity index (χ1n) is 4.99. The highest BCUT2D eigenvalue weighted by Crippen LogP contribution is 2.24. The molecule has 0 bridgehead atoms. The number of carboxylic acids is 1. The number of benzene rings is 1. The monoisotopic (exact) mass is 237 g/mol. The van der Waals surface area contributed by atoms with E-state index in [4.69, 9.17) is 16.6 Å². The second-order valence-electron chi connectivity index (χ2n) is 3.77. The van der Waals surface area contributed by atoms with Crippen LogP contribution in [0.25, 0.3) is 0 Å². The molecule has 0 aliphatic heterocycles. The van der Waals surface area contributed by atoms with E-state index >= 15 is 0 Å². The normalized spacial score (nSPS) is 11.9. The van der Waals surface area contributed by atoms with Gasteiger partial charge in [0.25, 0.3) is 0 Å². The molecule has 6 nitrogen and oxygen atoms in total. The molecule has 92 valence electrons. The van der Waals surface area contributed by atoms with E-state index in [1.54, 1.807) is 24.9 Å². The predicted octanol–water partition coefficient (Wildman–Crippen LogP) is 0.277. The van der Waals surface area contributed by atoms with Crippen molar-refractivity contribution in [1.29, 1.82) is 0 Å². The number of carbonyl (C=O) groups is 2. The third kappa shape index (κ3) is 2.66. The van der Waals surface area contributed by atoms with Crippen molar-refractivity contribution in [3.63, 3.8) is 0 Å². The van der Waals surface area contributed by atoms with Gasteiger partial charge in [-0.3, -0.25) is 4.79 Å². The third-order valence-corrected chi connectivity index (χ3v) is 2.65. The molecule has 0 aliphatic rings. The van der Waals surface area contributed by atoms with Gasteiger partial charge in [-0.15, -0.1) is 0 Å². The summed E-state index contributed by atoms with van der Waals surface area (Å²) in [6.45, 7) is 1.65. The van der Waals surface area contributed by atoms with Crippen LogP contribution in [0.5, 0.6) is 0 Å². The molecule has 6 heteroatoms. The van der Waals surface area contributed by atoms with Crippen molar-refractivity contribution >= 4 is 23.3 Å². The van der Waals surface area contributed by atoms with Crippen LogP contribution in [0.15, 0.2) is 18.2 Å². The average Bonchev–Trinajstić information content (AvgIpc) is 2.26. The molecule has 1 aromatic carbocycles. The van der Waals surface area contributed by atoms with Crippen molar-refractivity contribution < 1.29 is 14.7 Å². The van der Waals surface area contributed by atoms with Gasteiger partial charge in [-0.25, -0.2) is 4.79 Å². The number of nitrogens with two attached hydrogens (primary N) is 2. The van der Waals surface area contributed by atoms with Gasteiger partial charge in [0, 0.05) is 7.05 Å². The molecule has 0 heterocycles. The van der Waals surface area contributed by atoms with Crippen LogP contribution < -0.4 is 16.4 Å². The Kier molecular flexibility index (Phi) is 3.57. The highest BCUT2D eigenvalue weighted by Gasteiger charge is 2.18. The Morgan fingerprint density at radius 2 is 2.00 bits per heavy atom. The summed E-state index contributed by atoms with van der Waals surface area (Å²) in [5, 5.41) is 8.79. The van der Waals surface area contributed by atoms with E-state index < -0.39 is 17.9 Å². The first-order valence-corrected chi connectivity index (χ1v) is 4.99. The Morgan fingerprint density at radius 1 is 1.41 bits per heavy atom. The molecule has 1 rings (SSSR count). The number of primary amides is 1. The van der Waals surface area contributed by atoms with Crippen molar-refractivity contribution in [3.05, 3.63) is 23.8 Å². The van der Waals surface area contributed by atoms with Gasteiger partial charge in [0.05, 0.1) is 16.9 Å². The summed E-state index contributed by atoms with van der Waals surface area (Å²) < 4.78 is 0. The molecule has 1 amide bonds. The molecule has 0 radical (unpaired) electrons. The van der Waals surface area contributed by atoms with Gasteiger partial charge in [0.1, 0.15) is 6.04 Å². The number of nitrogen functional groups attached to an aromatic ring is 1. The van der Waals surface area contributed by atoms with Crippen molar-refractivity contribution in [3.8, 4) is 0 Å². The minimum Gasteiger partial charge on any atom is -0.478 e. The number of likely N-dealkylation sites (N-methyl/N-ethyl adjacent to an activating group) is 1. The number of nitrogens with zero attached hydrogens (tertiary/aromatic N) is 1. The number of carbonyl (C=O) groups excluding carboxylic acids is 1. The van der Waals surface area contributed by atoms with Gasteiger partial charge >= 0.3 is 5.97 Å². The molecule has 5 N–H and O–H groups in total. The SMILES string of the molecule is CC(C(N)=O)N(C)c1ccc(C(=O)O)cc1N. The van der Waals surface area contributed by atoms with Gasteiger partial charge in [-0.1, -0.05) is 0 Å². The molecule has 1 aromatic rings. The van der Waals surface area contributed by atoms with E-state index in [2.05, 4.69) is 0 Å². The number of hydrogen-bond acceptors (Lipinski definition) is 4. The molecular formula is C11H15N3O3. The van der Waals surface area contributed by atoms with Crippen LogP contribution >= 0.6 is 0 Å². The van der Waals surface area contributed by atoms with E-state index in [9.17, 15) is 9.59 Å². The summed E-state index contributed by atoms with van der Waals surface area (Å²) in [5.74, 6) is -1.52. The Hall–Kier alpha value is -2.24. The molecule has 0 saturated heterocycles. The molecule has 17 heavy (non-hydrogen) atoms. The average molecular weight is 237 g/mol. The molecular weight excluding hydrogens is 222 g/mol. The number of carboxylic acid groups (broad SMARTS) is 1. The van der Waals surface area contributed by atoms with Crippen molar-refractivity contribution in [2.75, 3.05) is 17.7 Å². The minimum atomic E-state index is -1.05. The predicted molar refractivity (Wildman–Crippen MR) is 64.9 cm³/mol. The fourth-order valence-corrected chi connectivity index (χ4v) is 1.41. The Bertz CT molecular complexity index is 459. The second kappa shape index (κ2) is 4.73. The molecule has 0 spiro atoms. The molecule has 1 unspecified atom stereocenters. The van der Waals surface area contributed by atoms with Gasteiger partial charge in [0.15, 0.2) is 0 Å². The van der Waals surface area contributed by atoms with Crippen LogP contribution in [-0.4, -0.2) is 30.1 Å². The van der Waals surface area contributed by atoms with Crippen molar-refractivity contribution in [1.82, 2.24) is 0 Å². The molecule has 0 fully saturated rings. The summed E-state index contributed by atoms with van der Waals surface area (Å²) in [7, 11) is 1.67. The number of aromatic carboxylic acids is 1. The molecule has 0 aliphatic carbocycles. The Labute approximate surface area is 98.8 Å². The fraction of sp³-hybridized carbons (Fsp3) is 0.273. The zero-order valence-corrected chi connectivity index (χ0v) is 9.68. The lowest BCUT2D eigenvalue weighted by Crippen LogP contribution is -2.40. The van der Waals surface area contributed by atoms with E-state index in [0.29, 0.717) is 11.4 Å². The molecule has 0 saturated carbocycles. The highest BCUT2D eigenvalue weighted by atomic mass is 16.4. The quantitative estimate of drug-likeness (QED) is 0.651. The Balaban J connectivity index is 3.08. The zero-order chi connectivity index (χ0) is 13.2. The third-order valence-electron chi connectivity index (χ3n) is 2.65. The lowest BCUT2D eigenvalue weighted by Gasteiger charge is -2.25. The standard InChI is InChI=1S/C11H15N3O3/c1-6(10(13)15)14(2)9-4-3-7(11(16)17)5-8(9)12/h3-6H,12H2,1-2H3,(H2,13,15)(H,16,17). The van der Waals surface area contributed by atoms with E-state index in [0.717, 1.165) is 0 Å². The molecule has 0 aromatic heterocycles. The van der Waals surface area contributed by atoms with E-state index in [-0.39, 0.29) is 5.56 Å². The second-order valence-corrected chi connectivity index (χ2v) is 3.77. The highest BCUT2D eigenvalue weighted by molar-refractivity contribution is 5.91. The lowest BCUT2D eigenvalue weighted by molar-refractivity contribution is -0.118. The van der Waals surface area contributed by atoms with Crippen LogP contribution in [0.2, 0.25) is 0 Å². The summed E-state index contributed by atoms with van der Waals surface area (Å²) in [6.07, 6.45) is 0. The maximum absolute atomic E-state index is 11.0. The van der Waals surface area contributed by atoms with Gasteiger partial charge < -0.3 is 21.5 Å². The smallest absolute Gasteiger partial charge is 0.335 e. The number of amides is 1. The topological polar surface area (TPSA) is 110 Å². The van der Waals surface area contributed by atoms with Gasteiger partial charge in [0.2, 0.25) is 5.91 Å².